The van der Waals surface area contributed by atoms with Crippen molar-refractivity contribution in [2.45, 2.75) is 26.3 Å². The van der Waals surface area contributed by atoms with Crippen LogP contribution in [-0.2, 0) is 16.1 Å². The molecule has 30 heavy (non-hydrogen) atoms. The van der Waals surface area contributed by atoms with Gasteiger partial charge in [0.1, 0.15) is 11.6 Å². The smallest absolute Gasteiger partial charge is 0.309 e. The minimum Gasteiger partial charge on any atom is -0.466 e. The monoisotopic (exact) mass is 414 g/mol. The SMILES string of the molecule is CCOC(=O)C1CCN(C(=NC)NCc2ccc(Oc3ccc(F)cc3)nc2)CC1. The number of ether oxygens (including phenoxy) is 2. The highest BCUT2D eigenvalue weighted by Crippen LogP contribution is 2.20. The Kier molecular flexibility index (Phi) is 7.59. The molecule has 1 N–H and O–H groups in total. The predicted octanol–water partition coefficient (Wildman–Crippen LogP) is 3.36. The van der Waals surface area contributed by atoms with E-state index in [1.54, 1.807) is 31.4 Å². The highest BCUT2D eigenvalue weighted by Gasteiger charge is 2.27. The summed E-state index contributed by atoms with van der Waals surface area (Å²) in [6.07, 6.45) is 3.25. The van der Waals surface area contributed by atoms with Gasteiger partial charge in [-0.1, -0.05) is 6.07 Å². The first-order valence-corrected chi connectivity index (χ1v) is 10.1. The summed E-state index contributed by atoms with van der Waals surface area (Å²) in [7, 11) is 1.75. The number of likely N-dealkylation sites (tertiary alicyclic amines) is 1. The van der Waals surface area contributed by atoms with Gasteiger partial charge in [-0.25, -0.2) is 9.37 Å². The summed E-state index contributed by atoms with van der Waals surface area (Å²) < 4.78 is 23.7. The molecule has 2 heterocycles. The number of rotatable bonds is 6. The summed E-state index contributed by atoms with van der Waals surface area (Å²) in [4.78, 5) is 22.7. The molecule has 1 saturated heterocycles. The first kappa shape index (κ1) is 21.5. The molecule has 2 aromatic rings. The molecule has 0 bridgehead atoms. The number of esters is 1. The first-order valence-electron chi connectivity index (χ1n) is 10.1. The van der Waals surface area contributed by atoms with Gasteiger partial charge < -0.3 is 19.7 Å². The fraction of sp³-hybridized carbons (Fsp3) is 0.409. The minimum atomic E-state index is -0.310. The van der Waals surface area contributed by atoms with Gasteiger partial charge in [-0.3, -0.25) is 9.79 Å². The van der Waals surface area contributed by atoms with Crippen molar-refractivity contribution in [3.05, 3.63) is 54.0 Å². The van der Waals surface area contributed by atoms with Gasteiger partial charge in [0, 0.05) is 38.9 Å². The van der Waals surface area contributed by atoms with E-state index in [0.29, 0.717) is 24.8 Å². The molecule has 0 radical (unpaired) electrons. The van der Waals surface area contributed by atoms with Crippen LogP contribution < -0.4 is 10.1 Å². The second kappa shape index (κ2) is 10.6. The number of piperidine rings is 1. The molecule has 160 valence electrons. The number of aromatic nitrogens is 1. The van der Waals surface area contributed by atoms with E-state index in [1.165, 1.54) is 12.1 Å². The molecule has 0 unspecified atom stereocenters. The molecule has 1 aliphatic rings. The maximum Gasteiger partial charge on any atom is 0.309 e. The second-order valence-electron chi connectivity index (χ2n) is 6.97. The van der Waals surface area contributed by atoms with Gasteiger partial charge in [-0.2, -0.15) is 0 Å². The zero-order valence-electron chi connectivity index (χ0n) is 17.3. The lowest BCUT2D eigenvalue weighted by Crippen LogP contribution is -2.46. The van der Waals surface area contributed by atoms with Crippen LogP contribution in [-0.4, -0.2) is 48.6 Å². The molecule has 1 aromatic heterocycles. The maximum atomic E-state index is 13.0. The Balaban J connectivity index is 1.48. The molecule has 3 rings (SSSR count). The van der Waals surface area contributed by atoms with E-state index in [0.717, 1.165) is 37.5 Å². The maximum absolute atomic E-state index is 13.0. The standard InChI is InChI=1S/C22H27FN4O3/c1-3-29-21(28)17-10-12-27(13-11-17)22(24-2)26-15-16-4-9-20(25-14-16)30-19-7-5-18(23)6-8-19/h4-9,14,17H,3,10-13,15H2,1-2H3,(H,24,26). The molecule has 0 spiro atoms. The van der Waals surface area contributed by atoms with Crippen LogP contribution >= 0.6 is 0 Å². The van der Waals surface area contributed by atoms with Crippen molar-refractivity contribution >= 4 is 11.9 Å². The summed E-state index contributed by atoms with van der Waals surface area (Å²) in [5, 5.41) is 3.34. The largest absolute Gasteiger partial charge is 0.466 e. The molecule has 8 heteroatoms. The normalized spacial score (nSPS) is 15.0. The van der Waals surface area contributed by atoms with Gasteiger partial charge in [-0.15, -0.1) is 0 Å². The Labute approximate surface area is 175 Å². The van der Waals surface area contributed by atoms with Crippen molar-refractivity contribution in [2.24, 2.45) is 10.9 Å². The topological polar surface area (TPSA) is 76.0 Å². The third kappa shape index (κ3) is 5.92. The number of aliphatic imine (C=N–C) groups is 1. The minimum absolute atomic E-state index is 0.0304. The Hall–Kier alpha value is -3.16. The van der Waals surface area contributed by atoms with Gasteiger partial charge in [0.15, 0.2) is 5.96 Å². The van der Waals surface area contributed by atoms with Crippen LogP contribution in [0.15, 0.2) is 47.6 Å². The van der Waals surface area contributed by atoms with Crippen molar-refractivity contribution in [3.63, 3.8) is 0 Å². The molecule has 0 atom stereocenters. The van der Waals surface area contributed by atoms with Crippen molar-refractivity contribution in [2.75, 3.05) is 26.7 Å². The Morgan fingerprint density at radius 1 is 1.23 bits per heavy atom. The van der Waals surface area contributed by atoms with Crippen molar-refractivity contribution in [1.82, 2.24) is 15.2 Å². The van der Waals surface area contributed by atoms with Crippen LogP contribution in [0.3, 0.4) is 0 Å². The lowest BCUT2D eigenvalue weighted by Gasteiger charge is -2.33. The highest BCUT2D eigenvalue weighted by atomic mass is 19.1. The number of hydrogen-bond acceptors (Lipinski definition) is 5. The average molecular weight is 414 g/mol. The summed E-state index contributed by atoms with van der Waals surface area (Å²) in [5.41, 5.74) is 0.976. The molecule has 7 nitrogen and oxygen atoms in total. The highest BCUT2D eigenvalue weighted by molar-refractivity contribution is 5.80. The third-order valence-corrected chi connectivity index (χ3v) is 4.91. The number of carbonyl (C=O) groups excluding carboxylic acids is 1. The predicted molar refractivity (Wildman–Crippen MR) is 112 cm³/mol. The average Bonchev–Trinajstić information content (AvgIpc) is 2.77. The van der Waals surface area contributed by atoms with Gasteiger partial charge in [0.2, 0.25) is 5.88 Å². The van der Waals surface area contributed by atoms with Crippen molar-refractivity contribution < 1.29 is 18.7 Å². The quantitative estimate of drug-likeness (QED) is 0.444. The lowest BCUT2D eigenvalue weighted by atomic mass is 9.97. The second-order valence-corrected chi connectivity index (χ2v) is 6.97. The van der Waals surface area contributed by atoms with Crippen LogP contribution in [0.1, 0.15) is 25.3 Å². The summed E-state index contributed by atoms with van der Waals surface area (Å²) in [6.45, 7) is 4.32. The van der Waals surface area contributed by atoms with Gasteiger partial charge in [-0.05, 0) is 49.6 Å². The van der Waals surface area contributed by atoms with Gasteiger partial charge in [0.25, 0.3) is 0 Å². The third-order valence-electron chi connectivity index (χ3n) is 4.91. The number of hydrogen-bond donors (Lipinski definition) is 1. The number of benzene rings is 1. The van der Waals surface area contributed by atoms with E-state index in [4.69, 9.17) is 9.47 Å². The van der Waals surface area contributed by atoms with E-state index < -0.39 is 0 Å². The van der Waals surface area contributed by atoms with E-state index >= 15 is 0 Å². The van der Waals surface area contributed by atoms with Crippen LogP contribution in [0.4, 0.5) is 4.39 Å². The number of pyridine rings is 1. The molecule has 0 amide bonds. The van der Waals surface area contributed by atoms with Crippen molar-refractivity contribution in [3.8, 4) is 11.6 Å². The molecule has 1 aliphatic heterocycles. The number of nitrogens with zero attached hydrogens (tertiary/aromatic N) is 3. The van der Waals surface area contributed by atoms with E-state index in [-0.39, 0.29) is 17.7 Å². The molecule has 0 saturated carbocycles. The van der Waals surface area contributed by atoms with E-state index in [2.05, 4.69) is 20.2 Å². The number of carbonyl (C=O) groups is 1. The van der Waals surface area contributed by atoms with E-state index in [1.807, 2.05) is 13.0 Å². The zero-order chi connectivity index (χ0) is 21.3. The van der Waals surface area contributed by atoms with Gasteiger partial charge >= 0.3 is 5.97 Å². The fourth-order valence-corrected chi connectivity index (χ4v) is 3.30. The summed E-state index contributed by atoms with van der Waals surface area (Å²) >= 11 is 0. The van der Waals surface area contributed by atoms with Crippen LogP contribution in [0.5, 0.6) is 11.6 Å². The molecular formula is C22H27FN4O3. The summed E-state index contributed by atoms with van der Waals surface area (Å²) in [5.74, 6) is 1.32. The molecular weight excluding hydrogens is 387 g/mol. The fourth-order valence-electron chi connectivity index (χ4n) is 3.30. The van der Waals surface area contributed by atoms with Gasteiger partial charge in [0.05, 0.1) is 12.5 Å². The van der Waals surface area contributed by atoms with E-state index in [9.17, 15) is 9.18 Å². The molecule has 1 fully saturated rings. The Morgan fingerprint density at radius 2 is 1.97 bits per heavy atom. The molecule has 1 aromatic carbocycles. The molecule has 0 aliphatic carbocycles. The number of nitrogens with one attached hydrogen (secondary N) is 1. The van der Waals surface area contributed by atoms with Crippen molar-refractivity contribution in [1.29, 1.82) is 0 Å². The summed E-state index contributed by atoms with van der Waals surface area (Å²) in [6, 6.07) is 9.49. The zero-order valence-corrected chi connectivity index (χ0v) is 17.3. The Bertz CT molecular complexity index is 848. The van der Waals surface area contributed by atoms with Crippen LogP contribution in [0, 0.1) is 11.7 Å². The van der Waals surface area contributed by atoms with Crippen LogP contribution in [0.2, 0.25) is 0 Å². The lowest BCUT2D eigenvalue weighted by molar-refractivity contribution is -0.149. The number of halogens is 1. The first-order chi connectivity index (χ1) is 14.6. The Morgan fingerprint density at radius 3 is 2.57 bits per heavy atom. The number of guanidine groups is 1. The van der Waals surface area contributed by atoms with Crippen LogP contribution in [0.25, 0.3) is 0 Å².